The predicted molar refractivity (Wildman–Crippen MR) is 80.7 cm³/mol. The minimum absolute atomic E-state index is 0.0413. The average Bonchev–Trinajstić information content (AvgIpc) is 2.28. The Bertz CT molecular complexity index is 418. The van der Waals surface area contributed by atoms with E-state index >= 15 is 0 Å². The van der Waals surface area contributed by atoms with E-state index in [0.717, 1.165) is 35.7 Å². The van der Waals surface area contributed by atoms with Gasteiger partial charge in [-0.25, -0.2) is 4.98 Å². The van der Waals surface area contributed by atoms with E-state index in [1.54, 1.807) is 0 Å². The summed E-state index contributed by atoms with van der Waals surface area (Å²) in [7, 11) is 4.15. The molecule has 0 bridgehead atoms. The van der Waals surface area contributed by atoms with Crippen LogP contribution >= 0.6 is 0 Å². The average molecular weight is 265 g/mol. The van der Waals surface area contributed by atoms with Crippen LogP contribution in [0.2, 0.25) is 0 Å². The van der Waals surface area contributed by atoms with Gasteiger partial charge in [-0.2, -0.15) is 0 Å². The molecule has 1 rings (SSSR count). The summed E-state index contributed by atoms with van der Waals surface area (Å²) < 4.78 is 0. The van der Waals surface area contributed by atoms with Crippen molar-refractivity contribution in [3.05, 3.63) is 22.9 Å². The number of likely N-dealkylation sites (N-methyl/N-ethyl adjacent to an activating group) is 2. The lowest BCUT2D eigenvalue weighted by atomic mass is 10.1. The number of aliphatic hydroxyl groups is 1. The molecule has 1 unspecified atom stereocenters. The second-order valence-electron chi connectivity index (χ2n) is 5.44. The van der Waals surface area contributed by atoms with E-state index in [2.05, 4.69) is 42.7 Å². The molecule has 1 atom stereocenters. The highest BCUT2D eigenvalue weighted by Gasteiger charge is 2.19. The minimum Gasteiger partial charge on any atom is -0.392 e. The molecule has 0 aliphatic heterocycles. The Morgan fingerprint density at radius 3 is 2.42 bits per heavy atom. The summed E-state index contributed by atoms with van der Waals surface area (Å²) in [4.78, 5) is 9.10. The Kier molecular flexibility index (Phi) is 5.76. The third kappa shape index (κ3) is 3.91. The number of hydrogen-bond donors (Lipinski definition) is 1. The van der Waals surface area contributed by atoms with Crippen molar-refractivity contribution < 1.29 is 5.11 Å². The first-order chi connectivity index (χ1) is 8.90. The summed E-state index contributed by atoms with van der Waals surface area (Å²) >= 11 is 0. The maximum Gasteiger partial charge on any atom is 0.134 e. The molecule has 4 nitrogen and oxygen atoms in total. The van der Waals surface area contributed by atoms with Crippen LogP contribution in [0.15, 0.2) is 6.07 Å². The van der Waals surface area contributed by atoms with Crippen LogP contribution in [0.5, 0.6) is 0 Å². The van der Waals surface area contributed by atoms with Gasteiger partial charge in [-0.1, -0.05) is 0 Å². The monoisotopic (exact) mass is 265 g/mol. The van der Waals surface area contributed by atoms with Crippen LogP contribution in [0.4, 0.5) is 5.82 Å². The van der Waals surface area contributed by atoms with Crippen LogP contribution in [0.25, 0.3) is 0 Å². The molecule has 1 N–H and O–H groups in total. The van der Waals surface area contributed by atoms with Crippen molar-refractivity contribution in [3.63, 3.8) is 0 Å². The topological polar surface area (TPSA) is 39.6 Å². The Morgan fingerprint density at radius 2 is 1.95 bits per heavy atom. The van der Waals surface area contributed by atoms with Crippen LogP contribution in [0.3, 0.4) is 0 Å². The van der Waals surface area contributed by atoms with E-state index < -0.39 is 0 Å². The van der Waals surface area contributed by atoms with Gasteiger partial charge in [0.1, 0.15) is 5.82 Å². The highest BCUT2D eigenvalue weighted by molar-refractivity contribution is 5.52. The summed E-state index contributed by atoms with van der Waals surface area (Å²) in [6.45, 7) is 10.3. The smallest absolute Gasteiger partial charge is 0.134 e. The number of aromatic nitrogens is 1. The van der Waals surface area contributed by atoms with E-state index in [9.17, 15) is 5.11 Å². The van der Waals surface area contributed by atoms with Crippen LogP contribution in [-0.4, -0.2) is 48.2 Å². The lowest BCUT2D eigenvalue weighted by Crippen LogP contribution is -2.41. The summed E-state index contributed by atoms with van der Waals surface area (Å²) in [5.41, 5.74) is 3.05. The Hall–Kier alpha value is -1.13. The normalized spacial score (nSPS) is 12.8. The van der Waals surface area contributed by atoms with E-state index in [0.29, 0.717) is 6.04 Å². The van der Waals surface area contributed by atoms with Gasteiger partial charge in [0.15, 0.2) is 0 Å². The fourth-order valence-electron chi connectivity index (χ4n) is 2.57. The molecule has 0 fully saturated rings. The molecule has 0 saturated heterocycles. The maximum atomic E-state index is 9.62. The standard InChI is InChI=1S/C15H27N3O/c1-7-18(13(4)9-17(5)6)15-14(10-19)11(2)8-12(3)16-15/h8,13,19H,7,9-10H2,1-6H3. The molecule has 0 radical (unpaired) electrons. The van der Waals surface area contributed by atoms with Crippen LogP contribution in [0, 0.1) is 13.8 Å². The number of anilines is 1. The highest BCUT2D eigenvalue weighted by Crippen LogP contribution is 2.24. The summed E-state index contributed by atoms with van der Waals surface area (Å²) in [6.07, 6.45) is 0. The second kappa shape index (κ2) is 6.87. The largest absolute Gasteiger partial charge is 0.392 e. The van der Waals surface area contributed by atoms with Crippen LogP contribution in [0.1, 0.15) is 30.7 Å². The van der Waals surface area contributed by atoms with Crippen molar-refractivity contribution in [2.75, 3.05) is 32.1 Å². The minimum atomic E-state index is 0.0413. The Labute approximate surface area is 117 Å². The van der Waals surface area contributed by atoms with Gasteiger partial charge in [0.2, 0.25) is 0 Å². The first kappa shape index (κ1) is 15.9. The fourth-order valence-corrected chi connectivity index (χ4v) is 2.57. The van der Waals surface area contributed by atoms with Crippen LogP contribution in [-0.2, 0) is 6.61 Å². The lowest BCUT2D eigenvalue weighted by Gasteiger charge is -2.33. The van der Waals surface area contributed by atoms with Crippen molar-refractivity contribution in [2.45, 2.75) is 40.3 Å². The molecule has 4 heteroatoms. The molecule has 0 spiro atoms. The molecule has 1 heterocycles. The molecule has 1 aromatic heterocycles. The summed E-state index contributed by atoms with van der Waals surface area (Å²) in [6, 6.07) is 2.39. The molecule has 19 heavy (non-hydrogen) atoms. The molecule has 0 aliphatic rings. The van der Waals surface area contributed by atoms with Gasteiger partial charge in [0, 0.05) is 30.4 Å². The zero-order chi connectivity index (χ0) is 14.6. The number of aliphatic hydroxyl groups excluding tert-OH is 1. The molecule has 0 aromatic carbocycles. The molecule has 108 valence electrons. The number of rotatable bonds is 6. The number of hydrogen-bond acceptors (Lipinski definition) is 4. The summed E-state index contributed by atoms with van der Waals surface area (Å²) in [5, 5.41) is 9.62. The van der Waals surface area contributed by atoms with Crippen LogP contribution < -0.4 is 4.90 Å². The molecular weight excluding hydrogens is 238 g/mol. The van der Waals surface area contributed by atoms with Crippen molar-refractivity contribution >= 4 is 5.82 Å². The van der Waals surface area contributed by atoms with Crippen molar-refractivity contribution in [2.24, 2.45) is 0 Å². The molecular formula is C15H27N3O. The van der Waals surface area contributed by atoms with Crippen molar-refractivity contribution in [1.29, 1.82) is 0 Å². The number of aryl methyl sites for hydroxylation is 2. The quantitative estimate of drug-likeness (QED) is 0.853. The van der Waals surface area contributed by atoms with E-state index in [4.69, 9.17) is 0 Å². The third-order valence-electron chi connectivity index (χ3n) is 3.39. The molecule has 0 aliphatic carbocycles. The maximum absolute atomic E-state index is 9.62. The van der Waals surface area contributed by atoms with Gasteiger partial charge in [0.25, 0.3) is 0 Å². The van der Waals surface area contributed by atoms with Crippen molar-refractivity contribution in [3.8, 4) is 0 Å². The Balaban J connectivity index is 3.16. The molecule has 0 saturated carbocycles. The van der Waals surface area contributed by atoms with Gasteiger partial charge < -0.3 is 14.9 Å². The Morgan fingerprint density at radius 1 is 1.32 bits per heavy atom. The lowest BCUT2D eigenvalue weighted by molar-refractivity contribution is 0.280. The summed E-state index contributed by atoms with van der Waals surface area (Å²) in [5.74, 6) is 0.928. The zero-order valence-electron chi connectivity index (χ0n) is 13.1. The fraction of sp³-hybridized carbons (Fsp3) is 0.667. The van der Waals surface area contributed by atoms with Crippen molar-refractivity contribution in [1.82, 2.24) is 9.88 Å². The number of nitrogens with zero attached hydrogens (tertiary/aromatic N) is 3. The highest BCUT2D eigenvalue weighted by atomic mass is 16.3. The zero-order valence-corrected chi connectivity index (χ0v) is 13.1. The second-order valence-corrected chi connectivity index (χ2v) is 5.44. The van der Waals surface area contributed by atoms with E-state index in [-0.39, 0.29) is 6.61 Å². The first-order valence-corrected chi connectivity index (χ1v) is 6.90. The van der Waals surface area contributed by atoms with E-state index in [1.165, 1.54) is 0 Å². The molecule has 1 aromatic rings. The molecule has 0 amide bonds. The van der Waals surface area contributed by atoms with Gasteiger partial charge in [-0.05, 0) is 53.4 Å². The van der Waals surface area contributed by atoms with E-state index in [1.807, 2.05) is 19.9 Å². The first-order valence-electron chi connectivity index (χ1n) is 6.90. The SMILES string of the molecule is CCN(c1nc(C)cc(C)c1CO)C(C)CN(C)C. The number of pyridine rings is 1. The third-order valence-corrected chi connectivity index (χ3v) is 3.39. The van der Waals surface area contributed by atoms with Gasteiger partial charge in [-0.15, -0.1) is 0 Å². The predicted octanol–water partition coefficient (Wildman–Crippen LogP) is 1.97. The van der Waals surface area contributed by atoms with Gasteiger partial charge in [-0.3, -0.25) is 0 Å². The van der Waals surface area contributed by atoms with Gasteiger partial charge >= 0.3 is 0 Å². The van der Waals surface area contributed by atoms with Gasteiger partial charge in [0.05, 0.1) is 6.61 Å².